The van der Waals surface area contributed by atoms with Gasteiger partial charge < -0.3 is 4.90 Å². The standard InChI is InChI=1S/C22H22N2O5S3/c1-16(25)24-12-11-18-14-19(9-10-20(18)24)32(28,29)23-15-21(17-6-3-2-4-7-17)31(26,27)22-8-5-13-30-22/h2-10,13-14,21,23H,11-12,15H2,1H3/t21-/m1/s1. The van der Waals surface area contributed by atoms with E-state index in [9.17, 15) is 21.6 Å². The van der Waals surface area contributed by atoms with Crippen molar-refractivity contribution in [2.45, 2.75) is 27.7 Å². The van der Waals surface area contributed by atoms with E-state index < -0.39 is 25.1 Å². The lowest BCUT2D eigenvalue weighted by atomic mass is 10.1. The summed E-state index contributed by atoms with van der Waals surface area (Å²) in [6.07, 6.45) is 0.567. The molecule has 1 aromatic heterocycles. The molecule has 1 atom stereocenters. The molecular formula is C22H22N2O5S3. The van der Waals surface area contributed by atoms with Crippen LogP contribution in [0.15, 0.2) is 75.1 Å². The van der Waals surface area contributed by atoms with E-state index in [-0.39, 0.29) is 21.6 Å². The number of rotatable bonds is 7. The van der Waals surface area contributed by atoms with Crippen molar-refractivity contribution in [1.82, 2.24) is 4.72 Å². The first-order chi connectivity index (χ1) is 15.2. The molecule has 0 saturated carbocycles. The number of amides is 1. The maximum atomic E-state index is 13.2. The number of carbonyl (C=O) groups excluding carboxylic acids is 1. The second kappa shape index (κ2) is 8.78. The number of anilines is 1. The van der Waals surface area contributed by atoms with Gasteiger partial charge in [-0.15, -0.1) is 11.3 Å². The van der Waals surface area contributed by atoms with Gasteiger partial charge in [0.25, 0.3) is 0 Å². The quantitative estimate of drug-likeness (QED) is 0.548. The highest BCUT2D eigenvalue weighted by Gasteiger charge is 2.32. The van der Waals surface area contributed by atoms with Gasteiger partial charge in [-0.25, -0.2) is 21.6 Å². The predicted molar refractivity (Wildman–Crippen MR) is 124 cm³/mol. The van der Waals surface area contributed by atoms with Crippen LogP contribution in [0.25, 0.3) is 0 Å². The predicted octanol–water partition coefficient (Wildman–Crippen LogP) is 3.15. The Labute approximate surface area is 191 Å². The number of hydrogen-bond donors (Lipinski definition) is 1. The Balaban J connectivity index is 1.62. The van der Waals surface area contributed by atoms with Crippen LogP contribution in [0.4, 0.5) is 5.69 Å². The fraction of sp³-hybridized carbons (Fsp3) is 0.227. The molecule has 0 aliphatic carbocycles. The molecule has 1 N–H and O–H groups in total. The molecule has 0 unspecified atom stereocenters. The van der Waals surface area contributed by atoms with Gasteiger partial charge in [0.15, 0.2) is 9.84 Å². The Bertz CT molecular complexity index is 1340. The maximum Gasteiger partial charge on any atom is 0.240 e. The van der Waals surface area contributed by atoms with E-state index >= 15 is 0 Å². The number of sulfone groups is 1. The minimum absolute atomic E-state index is 0.0435. The summed E-state index contributed by atoms with van der Waals surface area (Å²) in [4.78, 5) is 13.4. The van der Waals surface area contributed by atoms with Crippen LogP contribution in [-0.4, -0.2) is 35.8 Å². The number of nitrogens with zero attached hydrogens (tertiary/aromatic N) is 1. The molecular weight excluding hydrogens is 468 g/mol. The molecule has 4 rings (SSSR count). The third-order valence-corrected chi connectivity index (χ3v) is 10.4. The zero-order valence-corrected chi connectivity index (χ0v) is 19.7. The van der Waals surface area contributed by atoms with Crippen molar-refractivity contribution in [2.75, 3.05) is 18.0 Å². The van der Waals surface area contributed by atoms with Crippen molar-refractivity contribution in [3.63, 3.8) is 0 Å². The number of fused-ring (bicyclic) bond motifs is 1. The molecule has 0 bridgehead atoms. The molecule has 0 saturated heterocycles. The smallest absolute Gasteiger partial charge is 0.240 e. The average Bonchev–Trinajstić information content (AvgIpc) is 3.44. The third-order valence-electron chi connectivity index (χ3n) is 5.42. The zero-order chi connectivity index (χ0) is 22.9. The average molecular weight is 491 g/mol. The first-order valence-electron chi connectivity index (χ1n) is 9.93. The SMILES string of the molecule is CC(=O)N1CCc2cc(S(=O)(=O)NC[C@H](c3ccccc3)S(=O)(=O)c3cccs3)ccc21. The summed E-state index contributed by atoms with van der Waals surface area (Å²) in [5.74, 6) is -0.0954. The van der Waals surface area contributed by atoms with Crippen LogP contribution in [0.1, 0.15) is 23.3 Å². The third kappa shape index (κ3) is 4.36. The van der Waals surface area contributed by atoms with E-state index in [0.717, 1.165) is 16.9 Å². The number of sulfonamides is 1. The number of carbonyl (C=O) groups is 1. The molecule has 7 nitrogen and oxygen atoms in total. The highest BCUT2D eigenvalue weighted by atomic mass is 32.2. The van der Waals surface area contributed by atoms with Gasteiger partial charge in [-0.05, 0) is 47.2 Å². The van der Waals surface area contributed by atoms with Gasteiger partial charge in [0.1, 0.15) is 9.46 Å². The van der Waals surface area contributed by atoms with E-state index in [1.165, 1.54) is 19.1 Å². The molecule has 0 fully saturated rings. The highest BCUT2D eigenvalue weighted by molar-refractivity contribution is 7.93. The lowest BCUT2D eigenvalue weighted by Crippen LogP contribution is -2.32. The second-order valence-corrected chi connectivity index (χ2v) is 12.5. The Kier molecular flexibility index (Phi) is 6.22. The summed E-state index contributed by atoms with van der Waals surface area (Å²) < 4.78 is 55.2. The molecule has 1 aliphatic heterocycles. The van der Waals surface area contributed by atoms with Crippen molar-refractivity contribution in [3.8, 4) is 0 Å². The molecule has 2 aromatic carbocycles. The molecule has 10 heteroatoms. The van der Waals surface area contributed by atoms with Crippen LogP contribution in [-0.2, 0) is 31.1 Å². The van der Waals surface area contributed by atoms with Crippen LogP contribution < -0.4 is 9.62 Å². The number of thiophene rings is 1. The van der Waals surface area contributed by atoms with Crippen LogP contribution in [0.5, 0.6) is 0 Å². The monoisotopic (exact) mass is 490 g/mol. The molecule has 32 heavy (non-hydrogen) atoms. The summed E-state index contributed by atoms with van der Waals surface area (Å²) in [6, 6.07) is 16.4. The Morgan fingerprint density at radius 2 is 1.81 bits per heavy atom. The van der Waals surface area contributed by atoms with Gasteiger partial charge in [0.2, 0.25) is 15.9 Å². The molecule has 0 radical (unpaired) electrons. The zero-order valence-electron chi connectivity index (χ0n) is 17.3. The van der Waals surface area contributed by atoms with Crippen molar-refractivity contribution in [3.05, 3.63) is 77.2 Å². The Morgan fingerprint density at radius 1 is 1.06 bits per heavy atom. The summed E-state index contributed by atoms with van der Waals surface area (Å²) in [5.41, 5.74) is 1.99. The van der Waals surface area contributed by atoms with Crippen molar-refractivity contribution in [1.29, 1.82) is 0 Å². The summed E-state index contributed by atoms with van der Waals surface area (Å²) in [5, 5.41) is 0.605. The van der Waals surface area contributed by atoms with Crippen molar-refractivity contribution in [2.24, 2.45) is 0 Å². The first-order valence-corrected chi connectivity index (χ1v) is 13.8. The van der Waals surface area contributed by atoms with Crippen molar-refractivity contribution < 1.29 is 21.6 Å². The van der Waals surface area contributed by atoms with E-state index in [1.807, 2.05) is 0 Å². The summed E-state index contributed by atoms with van der Waals surface area (Å²) in [7, 11) is -7.76. The van der Waals surface area contributed by atoms with Crippen LogP contribution >= 0.6 is 11.3 Å². The minimum Gasteiger partial charge on any atom is -0.312 e. The van der Waals surface area contributed by atoms with E-state index in [2.05, 4.69) is 4.72 Å². The summed E-state index contributed by atoms with van der Waals surface area (Å²) >= 11 is 1.10. The molecule has 1 aliphatic rings. The maximum absolute atomic E-state index is 13.2. The van der Waals surface area contributed by atoms with Crippen LogP contribution in [0.3, 0.4) is 0 Å². The van der Waals surface area contributed by atoms with Crippen LogP contribution in [0, 0.1) is 0 Å². The number of nitrogens with one attached hydrogen (secondary N) is 1. The molecule has 1 amide bonds. The topological polar surface area (TPSA) is 101 Å². The molecule has 2 heterocycles. The van der Waals surface area contributed by atoms with Crippen LogP contribution in [0.2, 0.25) is 0 Å². The molecule has 3 aromatic rings. The molecule has 168 valence electrons. The first kappa shape index (κ1) is 22.7. The lowest BCUT2D eigenvalue weighted by Gasteiger charge is -2.19. The Morgan fingerprint density at radius 3 is 2.47 bits per heavy atom. The summed E-state index contributed by atoms with van der Waals surface area (Å²) in [6.45, 7) is 1.68. The van der Waals surface area contributed by atoms with Gasteiger partial charge >= 0.3 is 0 Å². The van der Waals surface area contributed by atoms with Crippen molar-refractivity contribution >= 4 is 42.8 Å². The fourth-order valence-corrected chi connectivity index (χ4v) is 7.85. The van der Waals surface area contributed by atoms with Gasteiger partial charge in [-0.2, -0.15) is 0 Å². The fourth-order valence-electron chi connectivity index (χ4n) is 3.78. The largest absolute Gasteiger partial charge is 0.312 e. The molecule has 0 spiro atoms. The van der Waals surface area contributed by atoms with Gasteiger partial charge in [-0.1, -0.05) is 36.4 Å². The van der Waals surface area contributed by atoms with E-state index in [1.54, 1.807) is 58.8 Å². The minimum atomic E-state index is -3.97. The number of hydrogen-bond acceptors (Lipinski definition) is 6. The normalized spacial score (nSPS) is 14.8. The van der Waals surface area contributed by atoms with Gasteiger partial charge in [0.05, 0.1) is 4.90 Å². The van der Waals surface area contributed by atoms with E-state index in [4.69, 9.17) is 0 Å². The number of benzene rings is 2. The Hall–Kier alpha value is -2.53. The highest BCUT2D eigenvalue weighted by Crippen LogP contribution is 2.33. The van der Waals surface area contributed by atoms with E-state index in [0.29, 0.717) is 24.2 Å². The second-order valence-electron chi connectivity index (χ2n) is 7.44. The van der Waals surface area contributed by atoms with Gasteiger partial charge in [-0.3, -0.25) is 4.79 Å². The lowest BCUT2D eigenvalue weighted by molar-refractivity contribution is -0.116. The van der Waals surface area contributed by atoms with Gasteiger partial charge in [0, 0.05) is 25.7 Å².